The Morgan fingerprint density at radius 3 is 2.24 bits per heavy atom. The summed E-state index contributed by atoms with van der Waals surface area (Å²) in [7, 11) is 0. The maximum Gasteiger partial charge on any atom is 0.311 e. The quantitative estimate of drug-likeness (QED) is 0.0282. The number of anilines is 1. The van der Waals surface area contributed by atoms with E-state index in [1.807, 2.05) is 16.8 Å². The molecule has 12 nitrogen and oxygen atoms in total. The number of aromatic hydroxyl groups is 1. The van der Waals surface area contributed by atoms with E-state index in [4.69, 9.17) is 9.47 Å². The highest BCUT2D eigenvalue weighted by Crippen LogP contribution is 2.41. The second-order valence-corrected chi connectivity index (χ2v) is 16.1. The Morgan fingerprint density at radius 2 is 1.52 bits per heavy atom. The molecule has 2 N–H and O–H groups in total. The Hall–Kier alpha value is -5.17. The number of carbonyl (C=O) groups excluding carboxylic acids is 1. The molecule has 1 aliphatic carbocycles. The van der Waals surface area contributed by atoms with Crippen molar-refractivity contribution in [2.24, 2.45) is 0 Å². The number of nitrogens with one attached hydrogen (secondary N) is 1. The van der Waals surface area contributed by atoms with Gasteiger partial charge >= 0.3 is 5.69 Å². The van der Waals surface area contributed by atoms with Gasteiger partial charge in [-0.1, -0.05) is 151 Å². The molecule has 13 heteroatoms. The smallest absolute Gasteiger partial charge is 0.311 e. The fourth-order valence-corrected chi connectivity index (χ4v) is 8.47. The number of amides is 1. The van der Waals surface area contributed by atoms with Gasteiger partial charge in [-0.3, -0.25) is 14.9 Å². The molecular formula is C45H56N6O6S. The Bertz CT molecular complexity index is 2100. The number of para-hydroxylation sites is 2. The monoisotopic (exact) mass is 808 g/mol. The highest BCUT2D eigenvalue weighted by Gasteiger charge is 2.24. The summed E-state index contributed by atoms with van der Waals surface area (Å²) in [6, 6.07) is 20.6. The van der Waals surface area contributed by atoms with Gasteiger partial charge in [-0.15, -0.1) is 5.10 Å². The zero-order valence-corrected chi connectivity index (χ0v) is 34.4. The van der Waals surface area contributed by atoms with Crippen molar-refractivity contribution in [1.82, 2.24) is 20.2 Å². The number of benzene rings is 4. The summed E-state index contributed by atoms with van der Waals surface area (Å²) in [5, 5.41) is 40.5. The Morgan fingerprint density at radius 1 is 0.845 bits per heavy atom. The van der Waals surface area contributed by atoms with E-state index in [2.05, 4.69) is 27.8 Å². The lowest BCUT2D eigenvalue weighted by molar-refractivity contribution is -0.385. The number of tetrazole rings is 1. The molecule has 1 saturated carbocycles. The summed E-state index contributed by atoms with van der Waals surface area (Å²) in [6.45, 7) is 2.78. The van der Waals surface area contributed by atoms with E-state index in [0.717, 1.165) is 38.5 Å². The van der Waals surface area contributed by atoms with Crippen molar-refractivity contribution >= 4 is 39.8 Å². The Labute approximate surface area is 345 Å². The molecule has 0 saturated heterocycles. The number of aromatic nitrogens is 4. The average molecular weight is 809 g/mol. The molecule has 0 atom stereocenters. The summed E-state index contributed by atoms with van der Waals surface area (Å²) in [4.78, 5) is 25.7. The maximum absolute atomic E-state index is 13.8. The molecule has 308 valence electrons. The minimum atomic E-state index is -0.577. The molecule has 0 bridgehead atoms. The molecule has 1 aliphatic rings. The van der Waals surface area contributed by atoms with Crippen LogP contribution in [0.5, 0.6) is 23.0 Å². The molecule has 0 spiro atoms. The number of carbonyl (C=O) groups is 1. The number of nitrogens with zero attached hydrogens (tertiary/aromatic N) is 5. The number of phenols is 1. The van der Waals surface area contributed by atoms with Crippen LogP contribution in [0.25, 0.3) is 10.8 Å². The molecule has 1 amide bonds. The predicted octanol–water partition coefficient (Wildman–Crippen LogP) is 12.4. The summed E-state index contributed by atoms with van der Waals surface area (Å²) in [5.74, 6) is 0.344. The molecule has 5 aromatic rings. The molecule has 0 unspecified atom stereocenters. The van der Waals surface area contributed by atoms with Crippen LogP contribution < -0.4 is 14.8 Å². The number of nitro benzene ring substituents is 1. The number of hydrogen-bond donors (Lipinski definition) is 2. The fourth-order valence-electron chi connectivity index (χ4n) is 7.58. The molecule has 58 heavy (non-hydrogen) atoms. The van der Waals surface area contributed by atoms with Gasteiger partial charge in [-0.05, 0) is 59.5 Å². The SMILES string of the molecule is CCCCCCCCCCCCCCOc1ccccc1NC(=O)c1cc(Oc2ccc(CSc3nnnn3C3CCCCC3)cc2[N+](=O)[O-])c2ccccc2c1O. The van der Waals surface area contributed by atoms with Crippen LogP contribution in [0.15, 0.2) is 78.0 Å². The normalized spacial score (nSPS) is 13.1. The first kappa shape index (κ1) is 42.4. The Balaban J connectivity index is 1.08. The summed E-state index contributed by atoms with van der Waals surface area (Å²) < 4.78 is 14.2. The number of nitro groups is 1. The molecule has 1 aromatic heterocycles. The molecule has 1 fully saturated rings. The van der Waals surface area contributed by atoms with Gasteiger partial charge in [0.2, 0.25) is 10.9 Å². The first-order chi connectivity index (χ1) is 28.4. The molecule has 0 radical (unpaired) electrons. The molecule has 4 aromatic carbocycles. The molecule has 0 aliphatic heterocycles. The fraction of sp³-hybridized carbons (Fsp3) is 0.467. The lowest BCUT2D eigenvalue weighted by Crippen LogP contribution is -2.15. The standard InChI is InChI=1S/C45H56N6O6S/c1-2-3-4-5-6-7-8-9-10-11-12-20-29-56-40-26-19-18-25-38(40)46-44(53)37-31-42(35-23-16-17-24-36(35)43(37)52)57-41-28-27-33(30-39(41)51(54)55)32-58-45-47-48-49-50(45)34-21-14-13-15-22-34/h16-19,23-28,30-31,34,52H,2-15,20-22,29,32H2,1H3,(H,46,53). The lowest BCUT2D eigenvalue weighted by atomic mass is 9.96. The number of thioether (sulfide) groups is 1. The van der Waals surface area contributed by atoms with Crippen molar-refractivity contribution in [2.45, 2.75) is 133 Å². The summed E-state index contributed by atoms with van der Waals surface area (Å²) in [6.07, 6.45) is 20.6. The van der Waals surface area contributed by atoms with E-state index in [-0.39, 0.29) is 34.5 Å². The van der Waals surface area contributed by atoms with E-state index in [1.165, 1.54) is 94.5 Å². The van der Waals surface area contributed by atoms with Crippen LogP contribution in [-0.2, 0) is 5.75 Å². The van der Waals surface area contributed by atoms with Gasteiger partial charge in [-0.25, -0.2) is 4.68 Å². The predicted molar refractivity (Wildman–Crippen MR) is 229 cm³/mol. The minimum absolute atomic E-state index is 0.00420. The van der Waals surface area contributed by atoms with Crippen LogP contribution in [0.2, 0.25) is 0 Å². The van der Waals surface area contributed by atoms with Gasteiger partial charge in [0, 0.05) is 22.6 Å². The molecular weight excluding hydrogens is 753 g/mol. The number of hydrogen-bond acceptors (Lipinski definition) is 10. The minimum Gasteiger partial charge on any atom is -0.506 e. The maximum atomic E-state index is 13.8. The lowest BCUT2D eigenvalue weighted by Gasteiger charge is -2.21. The zero-order chi connectivity index (χ0) is 40.5. The average Bonchev–Trinajstić information content (AvgIpc) is 3.72. The number of fused-ring (bicyclic) bond motifs is 1. The second-order valence-electron chi connectivity index (χ2n) is 15.2. The van der Waals surface area contributed by atoms with Crippen LogP contribution in [0, 0.1) is 10.1 Å². The number of rotatable bonds is 23. The van der Waals surface area contributed by atoms with Gasteiger partial charge in [0.05, 0.1) is 28.8 Å². The highest BCUT2D eigenvalue weighted by atomic mass is 32.2. The van der Waals surface area contributed by atoms with Crippen molar-refractivity contribution in [1.29, 1.82) is 0 Å². The largest absolute Gasteiger partial charge is 0.506 e. The van der Waals surface area contributed by atoms with Crippen LogP contribution >= 0.6 is 11.8 Å². The first-order valence-corrected chi connectivity index (χ1v) is 22.0. The third-order valence-electron chi connectivity index (χ3n) is 10.8. The van der Waals surface area contributed by atoms with Gasteiger partial charge in [0.15, 0.2) is 0 Å². The van der Waals surface area contributed by atoms with Crippen molar-refractivity contribution in [3.63, 3.8) is 0 Å². The molecule has 6 rings (SSSR count). The zero-order valence-electron chi connectivity index (χ0n) is 33.6. The second kappa shape index (κ2) is 22.1. The number of unbranched alkanes of at least 4 members (excludes halogenated alkanes) is 11. The third kappa shape index (κ3) is 11.7. The number of ether oxygens (including phenoxy) is 2. The van der Waals surface area contributed by atoms with Gasteiger partial charge in [0.1, 0.15) is 17.2 Å². The molecule has 1 heterocycles. The van der Waals surface area contributed by atoms with E-state index in [1.54, 1.807) is 48.5 Å². The van der Waals surface area contributed by atoms with Gasteiger partial charge in [0.25, 0.3) is 5.91 Å². The summed E-state index contributed by atoms with van der Waals surface area (Å²) in [5.41, 5.74) is 0.902. The van der Waals surface area contributed by atoms with Crippen molar-refractivity contribution in [3.8, 4) is 23.0 Å². The Kier molecular flexibility index (Phi) is 16.2. The van der Waals surface area contributed by atoms with Crippen LogP contribution in [0.1, 0.15) is 138 Å². The highest BCUT2D eigenvalue weighted by molar-refractivity contribution is 7.98. The van der Waals surface area contributed by atoms with E-state index < -0.39 is 10.8 Å². The van der Waals surface area contributed by atoms with E-state index in [9.17, 15) is 20.0 Å². The van der Waals surface area contributed by atoms with Crippen LogP contribution in [0.4, 0.5) is 11.4 Å². The topological polar surface area (TPSA) is 155 Å². The first-order valence-electron chi connectivity index (χ1n) is 21.1. The van der Waals surface area contributed by atoms with Gasteiger partial charge < -0.3 is 19.9 Å². The van der Waals surface area contributed by atoms with Crippen molar-refractivity contribution in [3.05, 3.63) is 94.0 Å². The third-order valence-corrected chi connectivity index (χ3v) is 11.8. The summed E-state index contributed by atoms with van der Waals surface area (Å²) >= 11 is 1.44. The van der Waals surface area contributed by atoms with E-state index in [0.29, 0.717) is 45.3 Å². The van der Waals surface area contributed by atoms with E-state index >= 15 is 0 Å². The van der Waals surface area contributed by atoms with Crippen molar-refractivity contribution < 1.29 is 24.3 Å². The van der Waals surface area contributed by atoms with Crippen LogP contribution in [-0.4, -0.2) is 42.8 Å². The number of phenolic OH excluding ortho intramolecular Hbond substituents is 1. The van der Waals surface area contributed by atoms with Crippen molar-refractivity contribution in [2.75, 3.05) is 11.9 Å². The van der Waals surface area contributed by atoms with Crippen LogP contribution in [0.3, 0.4) is 0 Å². The van der Waals surface area contributed by atoms with Gasteiger partial charge in [-0.2, -0.15) is 0 Å².